The van der Waals surface area contributed by atoms with Crippen molar-refractivity contribution in [3.63, 3.8) is 0 Å². The number of aliphatic hydroxyl groups excluding tert-OH is 2. The van der Waals surface area contributed by atoms with E-state index < -0.39 is 12.2 Å². The van der Waals surface area contributed by atoms with Crippen LogP contribution in [0.25, 0.3) is 0 Å². The summed E-state index contributed by atoms with van der Waals surface area (Å²) < 4.78 is 0. The first kappa shape index (κ1) is 9.49. The highest BCUT2D eigenvalue weighted by atomic mass is 16.3. The van der Waals surface area contributed by atoms with Gasteiger partial charge < -0.3 is 10.2 Å². The van der Waals surface area contributed by atoms with Crippen LogP contribution in [0.1, 0.15) is 20.3 Å². The van der Waals surface area contributed by atoms with Crippen LogP contribution in [-0.4, -0.2) is 22.4 Å². The van der Waals surface area contributed by atoms with E-state index in [0.29, 0.717) is 0 Å². The maximum atomic E-state index is 9.63. The fourth-order valence-corrected chi connectivity index (χ4v) is 1.56. The third-order valence-corrected chi connectivity index (χ3v) is 2.53. The molecule has 0 spiro atoms. The largest absolute Gasteiger partial charge is 0.389 e. The second-order valence-electron chi connectivity index (χ2n) is 3.57. The van der Waals surface area contributed by atoms with Gasteiger partial charge in [0.1, 0.15) is 6.10 Å². The molecule has 0 saturated heterocycles. The van der Waals surface area contributed by atoms with Crippen molar-refractivity contribution in [1.82, 2.24) is 0 Å². The first-order valence-electron chi connectivity index (χ1n) is 4.22. The first-order chi connectivity index (χ1) is 5.54. The molecule has 68 valence electrons. The molecule has 1 aliphatic rings. The zero-order valence-electron chi connectivity index (χ0n) is 7.62. The predicted octanol–water partition coefficient (Wildman–Crippen LogP) is 1.25. The van der Waals surface area contributed by atoms with Gasteiger partial charge in [-0.25, -0.2) is 0 Å². The quantitative estimate of drug-likeness (QED) is 0.578. The Balaban J connectivity index is 2.80. The van der Waals surface area contributed by atoms with Crippen molar-refractivity contribution in [2.75, 3.05) is 0 Å². The van der Waals surface area contributed by atoms with Crippen LogP contribution in [0.15, 0.2) is 23.8 Å². The monoisotopic (exact) mass is 168 g/mol. The van der Waals surface area contributed by atoms with Gasteiger partial charge in [-0.3, -0.25) is 0 Å². The standard InChI is InChI=1S/C10H16O2/c1-6(2)8-5-4-7(3)9(11)10(8)12/h4,8-12H,1,5H2,2-3H3/t8-,9-,10-/m1/s1. The van der Waals surface area contributed by atoms with E-state index in [1.807, 2.05) is 19.9 Å². The molecule has 2 N–H and O–H groups in total. The number of aliphatic hydroxyl groups is 2. The van der Waals surface area contributed by atoms with E-state index in [2.05, 4.69) is 6.58 Å². The van der Waals surface area contributed by atoms with Crippen LogP contribution in [0.5, 0.6) is 0 Å². The van der Waals surface area contributed by atoms with Crippen LogP contribution in [0, 0.1) is 5.92 Å². The molecule has 1 rings (SSSR count). The lowest BCUT2D eigenvalue weighted by atomic mass is 9.82. The van der Waals surface area contributed by atoms with Gasteiger partial charge in [-0.05, 0) is 25.8 Å². The van der Waals surface area contributed by atoms with Crippen molar-refractivity contribution in [3.8, 4) is 0 Å². The average molecular weight is 168 g/mol. The van der Waals surface area contributed by atoms with Crippen molar-refractivity contribution >= 4 is 0 Å². The predicted molar refractivity (Wildman–Crippen MR) is 48.7 cm³/mol. The molecule has 2 heteroatoms. The van der Waals surface area contributed by atoms with E-state index >= 15 is 0 Å². The van der Waals surface area contributed by atoms with Crippen molar-refractivity contribution in [3.05, 3.63) is 23.8 Å². The summed E-state index contributed by atoms with van der Waals surface area (Å²) in [5.41, 5.74) is 1.80. The summed E-state index contributed by atoms with van der Waals surface area (Å²) in [7, 11) is 0. The van der Waals surface area contributed by atoms with E-state index in [9.17, 15) is 10.2 Å². The van der Waals surface area contributed by atoms with Crippen LogP contribution in [0.2, 0.25) is 0 Å². The summed E-state index contributed by atoms with van der Waals surface area (Å²) in [6.45, 7) is 7.51. The molecule has 0 aromatic heterocycles. The summed E-state index contributed by atoms with van der Waals surface area (Å²) in [5, 5.41) is 19.1. The molecule has 1 aliphatic carbocycles. The minimum Gasteiger partial charge on any atom is -0.389 e. The number of rotatable bonds is 1. The van der Waals surface area contributed by atoms with E-state index in [4.69, 9.17) is 0 Å². The van der Waals surface area contributed by atoms with Crippen LogP contribution < -0.4 is 0 Å². The lowest BCUT2D eigenvalue weighted by Gasteiger charge is -2.31. The molecule has 2 nitrogen and oxygen atoms in total. The van der Waals surface area contributed by atoms with E-state index in [1.54, 1.807) is 0 Å². The average Bonchev–Trinajstić information content (AvgIpc) is 2.00. The van der Waals surface area contributed by atoms with E-state index in [1.165, 1.54) is 0 Å². The Bertz CT molecular complexity index is 218. The smallest absolute Gasteiger partial charge is 0.101 e. The topological polar surface area (TPSA) is 40.5 Å². The molecule has 12 heavy (non-hydrogen) atoms. The second-order valence-corrected chi connectivity index (χ2v) is 3.57. The Morgan fingerprint density at radius 1 is 1.58 bits per heavy atom. The van der Waals surface area contributed by atoms with Gasteiger partial charge in [-0.2, -0.15) is 0 Å². The Morgan fingerprint density at radius 2 is 2.17 bits per heavy atom. The summed E-state index contributed by atoms with van der Waals surface area (Å²) in [6.07, 6.45) is 1.38. The Labute approximate surface area is 73.2 Å². The third kappa shape index (κ3) is 1.59. The van der Waals surface area contributed by atoms with Crippen molar-refractivity contribution in [2.45, 2.75) is 32.5 Å². The maximum absolute atomic E-state index is 9.63. The fourth-order valence-electron chi connectivity index (χ4n) is 1.56. The molecule has 0 saturated carbocycles. The Kier molecular flexibility index (Phi) is 2.70. The molecule has 0 heterocycles. The fraction of sp³-hybridized carbons (Fsp3) is 0.600. The maximum Gasteiger partial charge on any atom is 0.101 e. The minimum absolute atomic E-state index is 0.0173. The highest BCUT2D eigenvalue weighted by Gasteiger charge is 2.30. The molecule has 0 aliphatic heterocycles. The molecule has 0 aromatic rings. The van der Waals surface area contributed by atoms with Gasteiger partial charge in [0.15, 0.2) is 0 Å². The van der Waals surface area contributed by atoms with Gasteiger partial charge in [0.2, 0.25) is 0 Å². The van der Waals surface area contributed by atoms with Crippen LogP contribution in [0.3, 0.4) is 0 Å². The normalized spacial score (nSPS) is 36.0. The number of hydrogen-bond donors (Lipinski definition) is 2. The van der Waals surface area contributed by atoms with Crippen LogP contribution >= 0.6 is 0 Å². The lowest BCUT2D eigenvalue weighted by Crippen LogP contribution is -2.37. The van der Waals surface area contributed by atoms with Gasteiger partial charge in [-0.1, -0.05) is 18.2 Å². The highest BCUT2D eigenvalue weighted by Crippen LogP contribution is 2.28. The summed E-state index contributed by atoms with van der Waals surface area (Å²) in [6, 6.07) is 0. The SMILES string of the molecule is C=C(C)[C@H]1CC=C(C)[C@@H](O)[C@@H]1O. The summed E-state index contributed by atoms with van der Waals surface area (Å²) >= 11 is 0. The molecule has 0 aromatic carbocycles. The Morgan fingerprint density at radius 3 is 2.67 bits per heavy atom. The van der Waals surface area contributed by atoms with E-state index in [0.717, 1.165) is 17.6 Å². The third-order valence-electron chi connectivity index (χ3n) is 2.53. The molecular weight excluding hydrogens is 152 g/mol. The zero-order valence-corrected chi connectivity index (χ0v) is 7.62. The zero-order chi connectivity index (χ0) is 9.30. The summed E-state index contributed by atoms with van der Waals surface area (Å²) in [4.78, 5) is 0. The highest BCUT2D eigenvalue weighted by molar-refractivity contribution is 5.18. The van der Waals surface area contributed by atoms with Crippen molar-refractivity contribution < 1.29 is 10.2 Å². The van der Waals surface area contributed by atoms with Crippen molar-refractivity contribution in [2.24, 2.45) is 5.92 Å². The molecule has 0 bridgehead atoms. The molecule has 3 atom stereocenters. The lowest BCUT2D eigenvalue weighted by molar-refractivity contribution is 0.00618. The molecular formula is C10H16O2. The molecule has 0 radical (unpaired) electrons. The van der Waals surface area contributed by atoms with Crippen molar-refractivity contribution in [1.29, 1.82) is 0 Å². The number of hydrogen-bond acceptors (Lipinski definition) is 2. The van der Waals surface area contributed by atoms with Gasteiger partial charge in [-0.15, -0.1) is 0 Å². The van der Waals surface area contributed by atoms with Crippen LogP contribution in [0.4, 0.5) is 0 Å². The molecule has 0 fully saturated rings. The van der Waals surface area contributed by atoms with Gasteiger partial charge in [0.25, 0.3) is 0 Å². The second kappa shape index (κ2) is 3.42. The number of allylic oxidation sites excluding steroid dienone is 1. The van der Waals surface area contributed by atoms with Gasteiger partial charge in [0.05, 0.1) is 6.10 Å². The summed E-state index contributed by atoms with van der Waals surface area (Å²) in [5.74, 6) is 0.0173. The van der Waals surface area contributed by atoms with Crippen LogP contribution in [-0.2, 0) is 0 Å². The Hall–Kier alpha value is -0.600. The molecule has 0 amide bonds. The molecule has 0 unspecified atom stereocenters. The van der Waals surface area contributed by atoms with Gasteiger partial charge in [0, 0.05) is 5.92 Å². The minimum atomic E-state index is -0.708. The first-order valence-corrected chi connectivity index (χ1v) is 4.22. The van der Waals surface area contributed by atoms with E-state index in [-0.39, 0.29) is 5.92 Å². The van der Waals surface area contributed by atoms with Gasteiger partial charge >= 0.3 is 0 Å².